The van der Waals surface area contributed by atoms with E-state index in [0.717, 1.165) is 31.5 Å². The molecule has 1 saturated heterocycles. The van der Waals surface area contributed by atoms with Gasteiger partial charge in [-0.2, -0.15) is 0 Å². The Bertz CT molecular complexity index is 455. The van der Waals surface area contributed by atoms with Crippen molar-refractivity contribution in [2.24, 2.45) is 0 Å². The first-order valence-electron chi connectivity index (χ1n) is 5.69. The van der Waals surface area contributed by atoms with Crippen molar-refractivity contribution in [3.63, 3.8) is 0 Å². The minimum atomic E-state index is -0.536. The molecule has 1 aromatic heterocycles. The first kappa shape index (κ1) is 10.5. The molecule has 2 aliphatic rings. The molecular formula is C11H14N4O2. The molecule has 0 bridgehead atoms. The van der Waals surface area contributed by atoms with Crippen LogP contribution in [-0.4, -0.2) is 41.1 Å². The molecule has 1 fully saturated rings. The maximum atomic E-state index is 11.6. The lowest BCUT2D eigenvalue weighted by molar-refractivity contribution is -0.0340. The fourth-order valence-electron chi connectivity index (χ4n) is 2.47. The summed E-state index contributed by atoms with van der Waals surface area (Å²) in [4.78, 5) is 21.9. The summed E-state index contributed by atoms with van der Waals surface area (Å²) in [5, 5.41) is 2.62. The lowest BCUT2D eigenvalue weighted by atomic mass is 9.84. The van der Waals surface area contributed by atoms with Gasteiger partial charge in [0.05, 0.1) is 5.56 Å². The van der Waals surface area contributed by atoms with Gasteiger partial charge in [0.25, 0.3) is 0 Å². The molecule has 0 aromatic carbocycles. The molecule has 6 nitrogen and oxygen atoms in total. The summed E-state index contributed by atoms with van der Waals surface area (Å²) in [6, 6.07) is 0. The predicted molar refractivity (Wildman–Crippen MR) is 60.5 cm³/mol. The average molecular weight is 234 g/mol. The number of hydrogen-bond donors (Lipinski definition) is 1. The van der Waals surface area contributed by atoms with Crippen molar-refractivity contribution in [1.29, 1.82) is 0 Å². The molecule has 1 spiro atoms. The molecule has 1 amide bonds. The minimum absolute atomic E-state index is 0.416. The van der Waals surface area contributed by atoms with Crippen LogP contribution >= 0.6 is 0 Å². The molecule has 6 heteroatoms. The van der Waals surface area contributed by atoms with E-state index in [4.69, 9.17) is 4.74 Å². The number of anilines is 1. The maximum Gasteiger partial charge on any atom is 0.413 e. The molecule has 0 aliphatic carbocycles. The average Bonchev–Trinajstić information content (AvgIpc) is 2.33. The summed E-state index contributed by atoms with van der Waals surface area (Å²) < 4.78 is 5.53. The van der Waals surface area contributed by atoms with Crippen LogP contribution < -0.4 is 5.32 Å². The number of carbonyl (C=O) groups excluding carboxylic acids is 1. The maximum absolute atomic E-state index is 11.6. The number of likely N-dealkylation sites (tertiary alicyclic amines) is 1. The van der Waals surface area contributed by atoms with Gasteiger partial charge in [-0.3, -0.25) is 5.32 Å². The Morgan fingerprint density at radius 3 is 3.00 bits per heavy atom. The Labute approximate surface area is 99.0 Å². The number of nitrogens with one attached hydrogen (secondary N) is 1. The molecule has 0 saturated carbocycles. The van der Waals surface area contributed by atoms with Crippen LogP contribution in [0.2, 0.25) is 0 Å². The number of amides is 1. The third-order valence-electron chi connectivity index (χ3n) is 3.51. The van der Waals surface area contributed by atoms with Crippen LogP contribution in [0.5, 0.6) is 0 Å². The van der Waals surface area contributed by atoms with Gasteiger partial charge in [0.1, 0.15) is 17.7 Å². The van der Waals surface area contributed by atoms with E-state index in [1.807, 2.05) is 0 Å². The summed E-state index contributed by atoms with van der Waals surface area (Å²) in [5.74, 6) is 0.584. The van der Waals surface area contributed by atoms with Crippen molar-refractivity contribution in [1.82, 2.24) is 14.9 Å². The van der Waals surface area contributed by atoms with Gasteiger partial charge in [0.2, 0.25) is 0 Å². The molecule has 0 radical (unpaired) electrons. The smallest absolute Gasteiger partial charge is 0.413 e. The fraction of sp³-hybridized carbons (Fsp3) is 0.545. The molecule has 17 heavy (non-hydrogen) atoms. The first-order valence-corrected chi connectivity index (χ1v) is 5.69. The lowest BCUT2D eigenvalue weighted by Gasteiger charge is -2.42. The van der Waals surface area contributed by atoms with E-state index in [1.54, 1.807) is 6.20 Å². The van der Waals surface area contributed by atoms with Crippen LogP contribution in [0, 0.1) is 0 Å². The first-order chi connectivity index (χ1) is 8.20. The van der Waals surface area contributed by atoms with Crippen molar-refractivity contribution in [3.8, 4) is 0 Å². The Hall–Kier alpha value is -1.69. The third-order valence-corrected chi connectivity index (χ3v) is 3.51. The second-order valence-corrected chi connectivity index (χ2v) is 4.60. The highest BCUT2D eigenvalue weighted by Gasteiger charge is 2.44. The van der Waals surface area contributed by atoms with Gasteiger partial charge in [-0.25, -0.2) is 14.8 Å². The van der Waals surface area contributed by atoms with Gasteiger partial charge >= 0.3 is 6.09 Å². The molecule has 1 aromatic rings. The van der Waals surface area contributed by atoms with Crippen LogP contribution in [0.1, 0.15) is 18.4 Å². The normalized spacial score (nSPS) is 22.8. The van der Waals surface area contributed by atoms with E-state index in [0.29, 0.717) is 5.82 Å². The van der Waals surface area contributed by atoms with Crippen LogP contribution in [0.25, 0.3) is 0 Å². The standard InChI is InChI=1S/C11H14N4O2/c1-15-4-2-11(3-5-15)8-6-12-7-13-9(8)14-10(16)17-11/h6-7H,2-5H2,1H3,(H,12,13,14,16). The Kier molecular flexibility index (Phi) is 2.25. The zero-order valence-corrected chi connectivity index (χ0v) is 9.64. The quantitative estimate of drug-likeness (QED) is 0.724. The number of piperidine rings is 1. The highest BCUT2D eigenvalue weighted by molar-refractivity contribution is 5.87. The summed E-state index contributed by atoms with van der Waals surface area (Å²) in [6.45, 7) is 1.81. The zero-order valence-electron chi connectivity index (χ0n) is 9.64. The Morgan fingerprint density at radius 2 is 2.24 bits per heavy atom. The number of hydrogen-bond acceptors (Lipinski definition) is 5. The molecular weight excluding hydrogens is 220 g/mol. The van der Waals surface area contributed by atoms with Gasteiger partial charge in [0, 0.05) is 32.1 Å². The molecule has 3 rings (SSSR count). The van der Waals surface area contributed by atoms with E-state index in [9.17, 15) is 4.79 Å². The Morgan fingerprint density at radius 1 is 1.47 bits per heavy atom. The predicted octanol–water partition coefficient (Wildman–Crippen LogP) is 0.960. The highest BCUT2D eigenvalue weighted by Crippen LogP contribution is 2.41. The topological polar surface area (TPSA) is 67.3 Å². The van der Waals surface area contributed by atoms with Crippen molar-refractivity contribution in [3.05, 3.63) is 18.1 Å². The summed E-state index contributed by atoms with van der Waals surface area (Å²) >= 11 is 0. The van der Waals surface area contributed by atoms with E-state index in [1.165, 1.54) is 6.33 Å². The SMILES string of the molecule is CN1CCC2(CC1)OC(=O)Nc1ncncc12. The summed E-state index contributed by atoms with van der Waals surface area (Å²) in [5.41, 5.74) is 0.360. The largest absolute Gasteiger partial charge is 0.437 e. The van der Waals surface area contributed by atoms with Crippen LogP contribution in [0.4, 0.5) is 10.6 Å². The van der Waals surface area contributed by atoms with Gasteiger partial charge in [-0.1, -0.05) is 0 Å². The number of rotatable bonds is 0. The molecule has 0 unspecified atom stereocenters. The van der Waals surface area contributed by atoms with Crippen molar-refractivity contribution < 1.29 is 9.53 Å². The zero-order chi connectivity index (χ0) is 11.9. The van der Waals surface area contributed by atoms with Gasteiger partial charge in [-0.15, -0.1) is 0 Å². The molecule has 90 valence electrons. The monoisotopic (exact) mass is 234 g/mol. The molecule has 0 atom stereocenters. The number of carbonyl (C=O) groups is 1. The van der Waals surface area contributed by atoms with E-state index < -0.39 is 11.7 Å². The molecule has 1 N–H and O–H groups in total. The second-order valence-electron chi connectivity index (χ2n) is 4.60. The van der Waals surface area contributed by atoms with Crippen LogP contribution in [-0.2, 0) is 10.3 Å². The summed E-state index contributed by atoms with van der Waals surface area (Å²) in [7, 11) is 2.07. The summed E-state index contributed by atoms with van der Waals surface area (Å²) in [6.07, 6.45) is 4.34. The molecule has 3 heterocycles. The minimum Gasteiger partial charge on any atom is -0.437 e. The van der Waals surface area contributed by atoms with Crippen LogP contribution in [0.15, 0.2) is 12.5 Å². The third kappa shape index (κ3) is 1.64. The highest BCUT2D eigenvalue weighted by atomic mass is 16.6. The number of ether oxygens (including phenoxy) is 1. The lowest BCUT2D eigenvalue weighted by Crippen LogP contribution is -2.47. The van der Waals surface area contributed by atoms with E-state index >= 15 is 0 Å². The Balaban J connectivity index is 2.02. The van der Waals surface area contributed by atoms with Gasteiger partial charge < -0.3 is 9.64 Å². The van der Waals surface area contributed by atoms with Crippen LogP contribution in [0.3, 0.4) is 0 Å². The van der Waals surface area contributed by atoms with Crippen molar-refractivity contribution >= 4 is 11.9 Å². The van der Waals surface area contributed by atoms with Gasteiger partial charge in [-0.05, 0) is 7.05 Å². The van der Waals surface area contributed by atoms with Crippen molar-refractivity contribution in [2.45, 2.75) is 18.4 Å². The van der Waals surface area contributed by atoms with Crippen molar-refractivity contribution in [2.75, 3.05) is 25.5 Å². The number of nitrogens with zero attached hydrogens (tertiary/aromatic N) is 3. The molecule has 2 aliphatic heterocycles. The number of fused-ring (bicyclic) bond motifs is 2. The number of aromatic nitrogens is 2. The van der Waals surface area contributed by atoms with E-state index in [2.05, 4.69) is 27.2 Å². The fourth-order valence-corrected chi connectivity index (χ4v) is 2.47. The second kappa shape index (κ2) is 3.66. The van der Waals surface area contributed by atoms with E-state index in [-0.39, 0.29) is 0 Å². The van der Waals surface area contributed by atoms with Gasteiger partial charge in [0.15, 0.2) is 0 Å².